The predicted octanol–water partition coefficient (Wildman–Crippen LogP) is 4.70. The molecule has 0 spiro atoms. The van der Waals surface area contributed by atoms with E-state index in [4.69, 9.17) is 5.73 Å². The van der Waals surface area contributed by atoms with E-state index < -0.39 is 11.9 Å². The summed E-state index contributed by atoms with van der Waals surface area (Å²) in [5, 5.41) is 9.36. The van der Waals surface area contributed by atoms with Crippen molar-refractivity contribution in [1.82, 2.24) is 0 Å². The van der Waals surface area contributed by atoms with Crippen LogP contribution in [-0.2, 0) is 4.79 Å². The van der Waals surface area contributed by atoms with Gasteiger partial charge in [0.25, 0.3) is 0 Å². The lowest BCUT2D eigenvalue weighted by atomic mass is 9.80. The van der Waals surface area contributed by atoms with Crippen molar-refractivity contribution < 1.29 is 9.90 Å². The van der Waals surface area contributed by atoms with Crippen molar-refractivity contribution in [3.05, 3.63) is 60.2 Å². The molecule has 0 aliphatic heterocycles. The van der Waals surface area contributed by atoms with Crippen LogP contribution < -0.4 is 5.73 Å². The third-order valence-corrected chi connectivity index (χ3v) is 3.84. The minimum atomic E-state index is -0.817. The van der Waals surface area contributed by atoms with Gasteiger partial charge >= 0.3 is 5.97 Å². The fourth-order valence-electron chi connectivity index (χ4n) is 2.51. The van der Waals surface area contributed by atoms with E-state index in [0.29, 0.717) is 5.69 Å². The van der Waals surface area contributed by atoms with Crippen molar-refractivity contribution in [1.29, 1.82) is 0 Å². The normalized spacial score (nSPS) is 13.2. The second-order valence-corrected chi connectivity index (χ2v) is 6.75. The molecule has 0 radical (unpaired) electrons. The largest absolute Gasteiger partial charge is 0.481 e. The molecule has 2 rings (SSSR count). The topological polar surface area (TPSA) is 63.3 Å². The van der Waals surface area contributed by atoms with Crippen LogP contribution in [0.5, 0.6) is 0 Å². The maximum Gasteiger partial charge on any atom is 0.310 e. The van der Waals surface area contributed by atoms with Gasteiger partial charge in [-0.15, -0.1) is 0 Å². The molecule has 3 N–H and O–H groups in total. The van der Waals surface area contributed by atoms with Gasteiger partial charge in [0.05, 0.1) is 5.92 Å². The summed E-state index contributed by atoms with van der Waals surface area (Å²) in [5.41, 5.74) is 9.45. The first-order valence-corrected chi connectivity index (χ1v) is 7.65. The lowest BCUT2D eigenvalue weighted by Crippen LogP contribution is -2.26. The standard InChI is InChI=1S/C20H23NO2/c1-20(2,3)17(19(22)23)12-10-14-9-11-16(18(21)13-14)15-7-5-4-6-8-15/h4-13,17H,21H2,1-3H3,(H,22,23). The molecular formula is C20H23NO2. The van der Waals surface area contributed by atoms with Crippen LogP contribution in [-0.4, -0.2) is 11.1 Å². The minimum Gasteiger partial charge on any atom is -0.481 e. The summed E-state index contributed by atoms with van der Waals surface area (Å²) in [7, 11) is 0. The van der Waals surface area contributed by atoms with Gasteiger partial charge in [0, 0.05) is 11.3 Å². The first-order valence-electron chi connectivity index (χ1n) is 7.65. The Morgan fingerprint density at radius 2 is 1.78 bits per heavy atom. The molecule has 0 aliphatic rings. The molecule has 0 amide bonds. The van der Waals surface area contributed by atoms with E-state index in [0.717, 1.165) is 16.7 Å². The molecule has 0 saturated heterocycles. The molecule has 23 heavy (non-hydrogen) atoms. The van der Waals surface area contributed by atoms with Crippen molar-refractivity contribution in [2.45, 2.75) is 20.8 Å². The fourth-order valence-corrected chi connectivity index (χ4v) is 2.51. The van der Waals surface area contributed by atoms with E-state index in [2.05, 4.69) is 0 Å². The summed E-state index contributed by atoms with van der Waals surface area (Å²) in [5.74, 6) is -1.36. The lowest BCUT2D eigenvalue weighted by Gasteiger charge is -2.24. The molecule has 120 valence electrons. The van der Waals surface area contributed by atoms with Crippen LogP contribution in [0.4, 0.5) is 5.69 Å². The first kappa shape index (κ1) is 16.8. The Labute approximate surface area is 137 Å². The molecule has 0 heterocycles. The van der Waals surface area contributed by atoms with Crippen molar-refractivity contribution in [3.63, 3.8) is 0 Å². The summed E-state index contributed by atoms with van der Waals surface area (Å²) in [6.45, 7) is 5.76. The Morgan fingerprint density at radius 3 is 2.30 bits per heavy atom. The van der Waals surface area contributed by atoms with Crippen LogP contribution in [0.3, 0.4) is 0 Å². The molecule has 0 bridgehead atoms. The first-order chi connectivity index (χ1) is 10.8. The zero-order chi connectivity index (χ0) is 17.0. The van der Waals surface area contributed by atoms with Crippen LogP contribution in [0, 0.1) is 11.3 Å². The number of nitrogens with two attached hydrogens (primary N) is 1. The van der Waals surface area contributed by atoms with Gasteiger partial charge in [0.1, 0.15) is 0 Å². The summed E-state index contributed by atoms with van der Waals surface area (Å²) in [4.78, 5) is 11.4. The summed E-state index contributed by atoms with van der Waals surface area (Å²) < 4.78 is 0. The highest BCUT2D eigenvalue weighted by atomic mass is 16.4. The monoisotopic (exact) mass is 309 g/mol. The minimum absolute atomic E-state index is 0.335. The van der Waals surface area contributed by atoms with Gasteiger partial charge in [-0.1, -0.05) is 75.4 Å². The van der Waals surface area contributed by atoms with Crippen molar-refractivity contribution in [2.24, 2.45) is 11.3 Å². The van der Waals surface area contributed by atoms with Crippen LogP contribution in [0.1, 0.15) is 26.3 Å². The number of carboxylic acid groups (broad SMARTS) is 1. The maximum atomic E-state index is 11.4. The van der Waals surface area contributed by atoms with Gasteiger partial charge in [-0.25, -0.2) is 0 Å². The molecule has 0 fully saturated rings. The number of carbonyl (C=O) groups is 1. The molecule has 1 unspecified atom stereocenters. The highest BCUT2D eigenvalue weighted by Crippen LogP contribution is 2.30. The van der Waals surface area contributed by atoms with Crippen molar-refractivity contribution >= 4 is 17.7 Å². The number of anilines is 1. The third-order valence-electron chi connectivity index (χ3n) is 3.84. The van der Waals surface area contributed by atoms with E-state index in [1.807, 2.05) is 75.4 Å². The van der Waals surface area contributed by atoms with Gasteiger partial charge < -0.3 is 10.8 Å². The average Bonchev–Trinajstić information content (AvgIpc) is 2.46. The number of rotatable bonds is 4. The summed E-state index contributed by atoms with van der Waals surface area (Å²) in [6, 6.07) is 15.7. The van der Waals surface area contributed by atoms with E-state index in [1.54, 1.807) is 6.08 Å². The van der Waals surface area contributed by atoms with Gasteiger partial charge in [-0.2, -0.15) is 0 Å². The SMILES string of the molecule is CC(C)(C)C(C=Cc1ccc(-c2ccccc2)c(N)c1)C(=O)O. The third kappa shape index (κ3) is 4.22. The molecule has 3 nitrogen and oxygen atoms in total. The zero-order valence-corrected chi connectivity index (χ0v) is 13.8. The Balaban J connectivity index is 2.27. The van der Waals surface area contributed by atoms with Gasteiger partial charge in [-0.3, -0.25) is 4.79 Å². The Morgan fingerprint density at radius 1 is 1.13 bits per heavy atom. The number of aliphatic carboxylic acids is 1. The summed E-state index contributed by atoms with van der Waals surface area (Å²) >= 11 is 0. The van der Waals surface area contributed by atoms with Crippen LogP contribution in [0.2, 0.25) is 0 Å². The van der Waals surface area contributed by atoms with Crippen LogP contribution >= 0.6 is 0 Å². The molecule has 3 heteroatoms. The quantitative estimate of drug-likeness (QED) is 0.805. The highest BCUT2D eigenvalue weighted by molar-refractivity contribution is 5.79. The Bertz CT molecular complexity index is 712. The molecule has 2 aromatic rings. The number of hydrogen-bond donors (Lipinski definition) is 2. The zero-order valence-electron chi connectivity index (χ0n) is 13.8. The van der Waals surface area contributed by atoms with E-state index >= 15 is 0 Å². The smallest absolute Gasteiger partial charge is 0.310 e. The molecule has 1 atom stereocenters. The second kappa shape index (κ2) is 6.69. The van der Waals surface area contributed by atoms with Gasteiger partial charge in [0.15, 0.2) is 0 Å². The van der Waals surface area contributed by atoms with Crippen molar-refractivity contribution in [2.75, 3.05) is 5.73 Å². The van der Waals surface area contributed by atoms with E-state index in [9.17, 15) is 9.90 Å². The Kier molecular flexibility index (Phi) is 4.89. The lowest BCUT2D eigenvalue weighted by molar-refractivity contribution is -0.143. The van der Waals surface area contributed by atoms with Gasteiger partial charge in [0.2, 0.25) is 0 Å². The second-order valence-electron chi connectivity index (χ2n) is 6.75. The number of nitrogen functional groups attached to an aromatic ring is 1. The van der Waals surface area contributed by atoms with Gasteiger partial charge in [-0.05, 0) is 22.6 Å². The molecule has 0 saturated carbocycles. The summed E-state index contributed by atoms with van der Waals surface area (Å²) in [6.07, 6.45) is 3.56. The number of carboxylic acids is 1. The fraction of sp³-hybridized carbons (Fsp3) is 0.250. The molecule has 2 aromatic carbocycles. The molecule has 0 aliphatic carbocycles. The van der Waals surface area contributed by atoms with Crippen LogP contribution in [0.25, 0.3) is 17.2 Å². The maximum absolute atomic E-state index is 11.4. The molecular weight excluding hydrogens is 286 g/mol. The highest BCUT2D eigenvalue weighted by Gasteiger charge is 2.28. The molecule has 0 aromatic heterocycles. The van der Waals surface area contributed by atoms with E-state index in [1.165, 1.54) is 0 Å². The van der Waals surface area contributed by atoms with Crippen LogP contribution in [0.15, 0.2) is 54.6 Å². The number of hydrogen-bond acceptors (Lipinski definition) is 2. The average molecular weight is 309 g/mol. The van der Waals surface area contributed by atoms with E-state index in [-0.39, 0.29) is 5.41 Å². The Hall–Kier alpha value is -2.55. The van der Waals surface area contributed by atoms with Crippen molar-refractivity contribution in [3.8, 4) is 11.1 Å². The number of benzene rings is 2. The predicted molar refractivity (Wildman–Crippen MR) is 95.9 cm³/mol.